The van der Waals surface area contributed by atoms with Gasteiger partial charge in [-0.1, -0.05) is 0 Å². The highest BCUT2D eigenvalue weighted by Gasteiger charge is 2.27. The molecule has 4 nitrogen and oxygen atoms in total. The number of hydrogen-bond acceptors (Lipinski definition) is 4. The molecule has 1 aromatic heterocycles. The lowest BCUT2D eigenvalue weighted by Crippen LogP contribution is -2.25. The monoisotopic (exact) mass is 245 g/mol. The predicted octanol–water partition coefficient (Wildman–Crippen LogP) is 1.81. The van der Waals surface area contributed by atoms with E-state index < -0.39 is 0 Å². The van der Waals surface area contributed by atoms with Gasteiger partial charge in [0.15, 0.2) is 0 Å². The number of nitrogen functional groups attached to an aromatic ring is 1. The molecule has 2 N–H and O–H groups in total. The summed E-state index contributed by atoms with van der Waals surface area (Å²) in [7, 11) is 0. The van der Waals surface area contributed by atoms with Gasteiger partial charge in [-0.25, -0.2) is 4.98 Å². The van der Waals surface area contributed by atoms with Crippen molar-refractivity contribution in [1.29, 1.82) is 0 Å². The Morgan fingerprint density at radius 3 is 3.12 bits per heavy atom. The van der Waals surface area contributed by atoms with Crippen LogP contribution in [0.3, 0.4) is 0 Å². The predicted molar refractivity (Wildman–Crippen MR) is 67.9 cm³/mol. The number of benzene rings is 1. The molecule has 1 aliphatic rings. The number of nitrogens with zero attached hydrogens (tertiary/aromatic N) is 2. The molecule has 17 heavy (non-hydrogen) atoms. The van der Waals surface area contributed by atoms with Crippen molar-refractivity contribution in [2.24, 2.45) is 0 Å². The normalized spacial score (nSPS) is 14.1. The molecule has 1 amide bonds. The highest BCUT2D eigenvalue weighted by atomic mass is 32.1. The van der Waals surface area contributed by atoms with Gasteiger partial charge in [-0.3, -0.25) is 4.79 Å². The second-order valence-electron chi connectivity index (χ2n) is 3.97. The minimum atomic E-state index is 0.112. The fourth-order valence-electron chi connectivity index (χ4n) is 2.04. The summed E-state index contributed by atoms with van der Waals surface area (Å²) in [5.74, 6) is 0.112. The Morgan fingerprint density at radius 2 is 2.35 bits per heavy atom. The first-order valence-electron chi connectivity index (χ1n) is 5.31. The Hall–Kier alpha value is -1.88. The van der Waals surface area contributed by atoms with Crippen LogP contribution in [0.1, 0.15) is 10.6 Å². The van der Waals surface area contributed by atoms with Crippen molar-refractivity contribution in [3.63, 3.8) is 0 Å². The van der Waals surface area contributed by atoms with E-state index in [1.54, 1.807) is 22.4 Å². The van der Waals surface area contributed by atoms with E-state index in [0.29, 0.717) is 18.7 Å². The van der Waals surface area contributed by atoms with E-state index in [-0.39, 0.29) is 5.91 Å². The lowest BCUT2D eigenvalue weighted by Gasteiger charge is -2.15. The highest BCUT2D eigenvalue weighted by molar-refractivity contribution is 7.09. The zero-order valence-corrected chi connectivity index (χ0v) is 9.91. The molecule has 0 unspecified atom stereocenters. The van der Waals surface area contributed by atoms with Crippen molar-refractivity contribution in [3.05, 3.63) is 40.3 Å². The molecule has 5 heteroatoms. The van der Waals surface area contributed by atoms with Crippen LogP contribution in [-0.4, -0.2) is 10.9 Å². The minimum Gasteiger partial charge on any atom is -0.399 e. The largest absolute Gasteiger partial charge is 0.399 e. The van der Waals surface area contributed by atoms with Gasteiger partial charge in [0.25, 0.3) is 0 Å². The quantitative estimate of drug-likeness (QED) is 0.821. The van der Waals surface area contributed by atoms with Gasteiger partial charge < -0.3 is 10.6 Å². The minimum absolute atomic E-state index is 0.112. The molecule has 0 atom stereocenters. The zero-order chi connectivity index (χ0) is 11.8. The van der Waals surface area contributed by atoms with Crippen molar-refractivity contribution in [2.75, 3.05) is 10.6 Å². The van der Waals surface area contributed by atoms with Crippen LogP contribution in [0, 0.1) is 0 Å². The third-order valence-corrected chi connectivity index (χ3v) is 3.58. The van der Waals surface area contributed by atoms with E-state index >= 15 is 0 Å². The first-order valence-corrected chi connectivity index (χ1v) is 6.19. The van der Waals surface area contributed by atoms with Gasteiger partial charge >= 0.3 is 0 Å². The van der Waals surface area contributed by atoms with E-state index in [9.17, 15) is 4.79 Å². The van der Waals surface area contributed by atoms with Crippen molar-refractivity contribution in [3.8, 4) is 0 Å². The number of carbonyl (C=O) groups excluding carboxylic acids is 1. The SMILES string of the molecule is Nc1ccc2c(c1)CC(=O)N2Cc1nccs1. The van der Waals surface area contributed by atoms with Gasteiger partial charge in [0.2, 0.25) is 5.91 Å². The van der Waals surface area contributed by atoms with Gasteiger partial charge in [-0.15, -0.1) is 11.3 Å². The first kappa shape index (κ1) is 10.3. The van der Waals surface area contributed by atoms with E-state index in [1.807, 2.05) is 23.6 Å². The van der Waals surface area contributed by atoms with Gasteiger partial charge in [-0.2, -0.15) is 0 Å². The number of nitrogens with two attached hydrogens (primary N) is 1. The van der Waals surface area contributed by atoms with Crippen LogP contribution in [0.25, 0.3) is 0 Å². The summed E-state index contributed by atoms with van der Waals surface area (Å²) in [6.07, 6.45) is 2.19. The fourth-order valence-corrected chi connectivity index (χ4v) is 2.65. The van der Waals surface area contributed by atoms with Crippen LogP contribution in [0.5, 0.6) is 0 Å². The highest BCUT2D eigenvalue weighted by Crippen LogP contribution is 2.31. The van der Waals surface area contributed by atoms with Crippen molar-refractivity contribution < 1.29 is 4.79 Å². The van der Waals surface area contributed by atoms with E-state index in [2.05, 4.69) is 4.98 Å². The summed E-state index contributed by atoms with van der Waals surface area (Å²) in [4.78, 5) is 17.9. The molecule has 0 saturated carbocycles. The molecule has 0 aliphatic carbocycles. The van der Waals surface area contributed by atoms with Crippen molar-refractivity contribution >= 4 is 28.6 Å². The second kappa shape index (κ2) is 3.85. The molecule has 86 valence electrons. The van der Waals surface area contributed by atoms with E-state index in [4.69, 9.17) is 5.73 Å². The molecule has 1 aromatic carbocycles. The number of anilines is 2. The first-order chi connectivity index (χ1) is 8.24. The molecule has 0 fully saturated rings. The van der Waals surface area contributed by atoms with Crippen LogP contribution in [0.4, 0.5) is 11.4 Å². The molecule has 2 heterocycles. The van der Waals surface area contributed by atoms with Crippen molar-refractivity contribution in [1.82, 2.24) is 4.98 Å². The number of aromatic nitrogens is 1. The average molecular weight is 245 g/mol. The third kappa shape index (κ3) is 1.78. The van der Waals surface area contributed by atoms with Gasteiger partial charge in [0.1, 0.15) is 5.01 Å². The van der Waals surface area contributed by atoms with Crippen LogP contribution < -0.4 is 10.6 Å². The standard InChI is InChI=1S/C12H11N3OS/c13-9-1-2-10-8(5-9)6-12(16)15(10)7-11-14-3-4-17-11/h1-5H,6-7,13H2. The molecule has 2 aromatic rings. The van der Waals surface area contributed by atoms with Crippen LogP contribution in [-0.2, 0) is 17.8 Å². The van der Waals surface area contributed by atoms with Gasteiger partial charge in [-0.05, 0) is 23.8 Å². The molecule has 0 radical (unpaired) electrons. The Morgan fingerprint density at radius 1 is 1.47 bits per heavy atom. The molecule has 1 aliphatic heterocycles. The Labute approximate surface area is 103 Å². The Balaban J connectivity index is 1.94. The summed E-state index contributed by atoms with van der Waals surface area (Å²) in [6.45, 7) is 0.549. The topological polar surface area (TPSA) is 59.2 Å². The van der Waals surface area contributed by atoms with E-state index in [1.165, 1.54) is 0 Å². The smallest absolute Gasteiger partial charge is 0.231 e. The summed E-state index contributed by atoms with van der Waals surface area (Å²) < 4.78 is 0. The van der Waals surface area contributed by atoms with Crippen LogP contribution in [0.2, 0.25) is 0 Å². The number of thiazole rings is 1. The molecule has 0 spiro atoms. The third-order valence-electron chi connectivity index (χ3n) is 2.81. The Bertz CT molecular complexity index is 565. The fraction of sp³-hybridized carbons (Fsp3) is 0.167. The number of amides is 1. The maximum Gasteiger partial charge on any atom is 0.231 e. The maximum absolute atomic E-state index is 11.9. The maximum atomic E-state index is 11.9. The Kier molecular flexibility index (Phi) is 2.33. The summed E-state index contributed by atoms with van der Waals surface area (Å²) in [6, 6.07) is 5.60. The average Bonchev–Trinajstić information content (AvgIpc) is 2.88. The molecule has 3 rings (SSSR count). The van der Waals surface area contributed by atoms with Crippen molar-refractivity contribution in [2.45, 2.75) is 13.0 Å². The lowest BCUT2D eigenvalue weighted by molar-refractivity contribution is -0.117. The second-order valence-corrected chi connectivity index (χ2v) is 4.95. The zero-order valence-electron chi connectivity index (χ0n) is 9.09. The van der Waals surface area contributed by atoms with Gasteiger partial charge in [0.05, 0.1) is 13.0 Å². The summed E-state index contributed by atoms with van der Waals surface area (Å²) in [5.41, 5.74) is 8.38. The summed E-state index contributed by atoms with van der Waals surface area (Å²) in [5, 5.41) is 2.86. The molecular weight excluding hydrogens is 234 g/mol. The van der Waals surface area contributed by atoms with Gasteiger partial charge in [0, 0.05) is 23.0 Å². The molecule has 0 bridgehead atoms. The molecule has 0 saturated heterocycles. The van der Waals surface area contributed by atoms with E-state index in [0.717, 1.165) is 16.3 Å². The number of carbonyl (C=O) groups is 1. The number of fused-ring (bicyclic) bond motifs is 1. The summed E-state index contributed by atoms with van der Waals surface area (Å²) >= 11 is 1.56. The lowest BCUT2D eigenvalue weighted by atomic mass is 10.1. The van der Waals surface area contributed by atoms with Crippen LogP contribution >= 0.6 is 11.3 Å². The number of rotatable bonds is 2. The molecular formula is C12H11N3OS. The van der Waals surface area contributed by atoms with Crippen LogP contribution in [0.15, 0.2) is 29.8 Å². The number of hydrogen-bond donors (Lipinski definition) is 1.